The van der Waals surface area contributed by atoms with Gasteiger partial charge in [-0.1, -0.05) is 24.3 Å². The standard InChI is InChI=1S/C18H17N7/c1-3-13(15-9-10-20-21-15)4-2-12(1)11-19-16-7-8-17-22-23-18(14-5-6-14)25(17)24-16/h1-4,7-10,14H,5-6,11H2,(H,19,24)(H,20,21). The van der Waals surface area contributed by atoms with Crippen LogP contribution in [0.25, 0.3) is 16.9 Å². The van der Waals surface area contributed by atoms with Crippen LogP contribution in [0.15, 0.2) is 48.7 Å². The number of nitrogens with zero attached hydrogens (tertiary/aromatic N) is 5. The number of hydrogen-bond acceptors (Lipinski definition) is 5. The van der Waals surface area contributed by atoms with Gasteiger partial charge in [0.15, 0.2) is 11.5 Å². The van der Waals surface area contributed by atoms with Crippen LogP contribution >= 0.6 is 0 Å². The summed E-state index contributed by atoms with van der Waals surface area (Å²) >= 11 is 0. The Balaban J connectivity index is 1.32. The van der Waals surface area contributed by atoms with Gasteiger partial charge in [0.1, 0.15) is 5.82 Å². The lowest BCUT2D eigenvalue weighted by molar-refractivity contribution is 0.814. The average Bonchev–Trinajstić information content (AvgIpc) is 3.19. The first-order valence-electron chi connectivity index (χ1n) is 8.42. The molecule has 3 aromatic heterocycles. The fraction of sp³-hybridized carbons (Fsp3) is 0.222. The zero-order valence-electron chi connectivity index (χ0n) is 13.6. The number of benzene rings is 1. The molecule has 4 aromatic rings. The molecule has 0 radical (unpaired) electrons. The van der Waals surface area contributed by atoms with Crippen LogP contribution in [0.2, 0.25) is 0 Å². The van der Waals surface area contributed by atoms with Gasteiger partial charge in [0.2, 0.25) is 0 Å². The average molecular weight is 331 g/mol. The van der Waals surface area contributed by atoms with Gasteiger partial charge in [-0.25, -0.2) is 0 Å². The lowest BCUT2D eigenvalue weighted by Crippen LogP contribution is -2.05. The Hall–Kier alpha value is -3.22. The second-order valence-electron chi connectivity index (χ2n) is 6.34. The third-order valence-electron chi connectivity index (χ3n) is 4.47. The van der Waals surface area contributed by atoms with Crippen molar-refractivity contribution < 1.29 is 0 Å². The molecule has 0 atom stereocenters. The summed E-state index contributed by atoms with van der Waals surface area (Å²) in [7, 11) is 0. The Kier molecular flexibility index (Phi) is 3.22. The predicted molar refractivity (Wildman–Crippen MR) is 94.1 cm³/mol. The smallest absolute Gasteiger partial charge is 0.178 e. The topological polar surface area (TPSA) is 83.8 Å². The summed E-state index contributed by atoms with van der Waals surface area (Å²) < 4.78 is 1.86. The Labute approximate surface area is 144 Å². The molecule has 0 amide bonds. The van der Waals surface area contributed by atoms with Gasteiger partial charge in [0, 0.05) is 18.7 Å². The predicted octanol–water partition coefficient (Wildman–Crippen LogP) is 3.00. The molecule has 7 heteroatoms. The second-order valence-corrected chi connectivity index (χ2v) is 6.34. The van der Waals surface area contributed by atoms with E-state index < -0.39 is 0 Å². The van der Waals surface area contributed by atoms with Crippen molar-refractivity contribution in [3.63, 3.8) is 0 Å². The van der Waals surface area contributed by atoms with Crippen molar-refractivity contribution >= 4 is 11.5 Å². The minimum Gasteiger partial charge on any atom is -0.365 e. The van der Waals surface area contributed by atoms with E-state index in [0.717, 1.165) is 28.5 Å². The van der Waals surface area contributed by atoms with Crippen molar-refractivity contribution in [1.29, 1.82) is 0 Å². The summed E-state index contributed by atoms with van der Waals surface area (Å²) in [4.78, 5) is 0. The van der Waals surface area contributed by atoms with Crippen LogP contribution in [-0.4, -0.2) is 30.0 Å². The third kappa shape index (κ3) is 2.73. The monoisotopic (exact) mass is 331 g/mol. The van der Waals surface area contributed by atoms with Crippen molar-refractivity contribution in [1.82, 2.24) is 30.0 Å². The summed E-state index contributed by atoms with van der Waals surface area (Å²) in [6, 6.07) is 14.3. The molecule has 1 aliphatic rings. The van der Waals surface area contributed by atoms with Crippen LogP contribution in [0.1, 0.15) is 30.1 Å². The van der Waals surface area contributed by atoms with E-state index in [9.17, 15) is 0 Å². The SMILES string of the molecule is c1cc(-c2ccc(CNc3ccc4nnc(C5CC5)n4n3)cc2)[nH]n1. The van der Waals surface area contributed by atoms with Crippen molar-refractivity contribution in [2.75, 3.05) is 5.32 Å². The Bertz CT molecular complexity index is 998. The normalized spacial score (nSPS) is 14.1. The van der Waals surface area contributed by atoms with E-state index in [2.05, 4.69) is 55.1 Å². The van der Waals surface area contributed by atoms with Crippen LogP contribution in [0.3, 0.4) is 0 Å². The van der Waals surface area contributed by atoms with Gasteiger partial charge in [-0.2, -0.15) is 9.61 Å². The minimum atomic E-state index is 0.521. The lowest BCUT2D eigenvalue weighted by atomic mass is 10.1. The molecule has 2 N–H and O–H groups in total. The fourth-order valence-corrected chi connectivity index (χ4v) is 2.91. The third-order valence-corrected chi connectivity index (χ3v) is 4.47. The van der Waals surface area contributed by atoms with E-state index in [-0.39, 0.29) is 0 Å². The Morgan fingerprint density at radius 2 is 1.92 bits per heavy atom. The zero-order valence-corrected chi connectivity index (χ0v) is 13.6. The molecule has 0 unspecified atom stereocenters. The number of aromatic amines is 1. The molecule has 25 heavy (non-hydrogen) atoms. The quantitative estimate of drug-likeness (QED) is 0.587. The van der Waals surface area contributed by atoms with Gasteiger partial charge in [0.25, 0.3) is 0 Å². The molecule has 7 nitrogen and oxygen atoms in total. The number of rotatable bonds is 5. The van der Waals surface area contributed by atoms with Gasteiger partial charge in [-0.3, -0.25) is 5.10 Å². The van der Waals surface area contributed by atoms with Crippen LogP contribution in [0, 0.1) is 0 Å². The highest BCUT2D eigenvalue weighted by Crippen LogP contribution is 2.38. The lowest BCUT2D eigenvalue weighted by Gasteiger charge is -2.07. The first-order chi connectivity index (χ1) is 12.4. The van der Waals surface area contributed by atoms with Gasteiger partial charge in [0.05, 0.1) is 5.69 Å². The summed E-state index contributed by atoms with van der Waals surface area (Å²) in [6.07, 6.45) is 4.12. The summed E-state index contributed by atoms with van der Waals surface area (Å²) in [5, 5.41) is 23.4. The summed E-state index contributed by atoms with van der Waals surface area (Å²) in [6.45, 7) is 0.711. The van der Waals surface area contributed by atoms with E-state index >= 15 is 0 Å². The van der Waals surface area contributed by atoms with E-state index in [1.165, 1.54) is 18.4 Å². The maximum absolute atomic E-state index is 4.64. The highest BCUT2D eigenvalue weighted by atomic mass is 15.4. The maximum atomic E-state index is 4.64. The molecular weight excluding hydrogens is 314 g/mol. The van der Waals surface area contributed by atoms with Crippen LogP contribution < -0.4 is 5.32 Å². The van der Waals surface area contributed by atoms with Crippen molar-refractivity contribution in [3.8, 4) is 11.3 Å². The van der Waals surface area contributed by atoms with Gasteiger partial charge >= 0.3 is 0 Å². The molecule has 1 fully saturated rings. The van der Waals surface area contributed by atoms with E-state index in [0.29, 0.717) is 12.5 Å². The molecule has 0 spiro atoms. The fourth-order valence-electron chi connectivity index (χ4n) is 2.91. The maximum Gasteiger partial charge on any atom is 0.178 e. The van der Waals surface area contributed by atoms with Crippen LogP contribution in [0.5, 0.6) is 0 Å². The molecule has 1 aromatic carbocycles. The minimum absolute atomic E-state index is 0.521. The first kappa shape index (κ1) is 14.2. The largest absolute Gasteiger partial charge is 0.365 e. The van der Waals surface area contributed by atoms with Gasteiger partial charge in [-0.05, 0) is 42.2 Å². The number of anilines is 1. The summed E-state index contributed by atoms with van der Waals surface area (Å²) in [5.74, 6) is 2.32. The zero-order chi connectivity index (χ0) is 16.6. The van der Waals surface area contributed by atoms with Crippen molar-refractivity contribution in [3.05, 3.63) is 60.0 Å². The molecular formula is C18H17N7. The molecule has 0 bridgehead atoms. The van der Waals surface area contributed by atoms with Crippen LogP contribution in [0.4, 0.5) is 5.82 Å². The number of nitrogens with one attached hydrogen (secondary N) is 2. The van der Waals surface area contributed by atoms with E-state index in [1.807, 2.05) is 22.7 Å². The molecule has 0 saturated heterocycles. The molecule has 3 heterocycles. The Morgan fingerprint density at radius 1 is 1.04 bits per heavy atom. The number of fused-ring (bicyclic) bond motifs is 1. The summed E-state index contributed by atoms with van der Waals surface area (Å²) in [5.41, 5.74) is 4.14. The van der Waals surface area contributed by atoms with Gasteiger partial charge in [-0.15, -0.1) is 15.3 Å². The molecule has 1 saturated carbocycles. The molecule has 1 aliphatic carbocycles. The molecule has 0 aliphatic heterocycles. The highest BCUT2D eigenvalue weighted by Gasteiger charge is 2.29. The number of aromatic nitrogens is 6. The van der Waals surface area contributed by atoms with Crippen LogP contribution in [-0.2, 0) is 6.54 Å². The van der Waals surface area contributed by atoms with E-state index in [1.54, 1.807) is 6.20 Å². The van der Waals surface area contributed by atoms with Crippen molar-refractivity contribution in [2.45, 2.75) is 25.3 Å². The molecule has 124 valence electrons. The highest BCUT2D eigenvalue weighted by molar-refractivity contribution is 5.58. The Morgan fingerprint density at radius 3 is 2.68 bits per heavy atom. The second kappa shape index (κ2) is 5.70. The molecule has 5 rings (SSSR count). The number of H-pyrrole nitrogens is 1. The first-order valence-corrected chi connectivity index (χ1v) is 8.42. The number of hydrogen-bond donors (Lipinski definition) is 2. The van der Waals surface area contributed by atoms with Gasteiger partial charge < -0.3 is 5.32 Å². The van der Waals surface area contributed by atoms with E-state index in [4.69, 9.17) is 0 Å². The van der Waals surface area contributed by atoms with Crippen molar-refractivity contribution in [2.24, 2.45) is 0 Å².